The van der Waals surface area contributed by atoms with E-state index in [0.717, 1.165) is 38.0 Å². The first-order chi connectivity index (χ1) is 11.0. The Morgan fingerprint density at radius 2 is 2.17 bits per heavy atom. The van der Waals surface area contributed by atoms with Crippen molar-refractivity contribution in [3.8, 4) is 0 Å². The molecule has 2 bridgehead atoms. The molecule has 0 aliphatic carbocycles. The van der Waals surface area contributed by atoms with Crippen LogP contribution in [0, 0.1) is 12.8 Å². The molecular formula is C17H22ClN3O2. The van der Waals surface area contributed by atoms with Crippen molar-refractivity contribution in [2.24, 2.45) is 5.92 Å². The molecule has 1 aromatic carbocycles. The molecule has 0 radical (unpaired) electrons. The second kappa shape index (κ2) is 6.89. The Kier molecular flexibility index (Phi) is 4.87. The third-order valence-electron chi connectivity index (χ3n) is 4.79. The number of nitrogens with one attached hydrogen (secondary N) is 2. The fourth-order valence-corrected chi connectivity index (χ4v) is 3.59. The summed E-state index contributed by atoms with van der Waals surface area (Å²) in [7, 11) is 0. The Balaban J connectivity index is 1.61. The van der Waals surface area contributed by atoms with Crippen LogP contribution in [-0.2, 0) is 9.59 Å². The molecule has 3 aliphatic rings. The molecule has 0 unspecified atom stereocenters. The van der Waals surface area contributed by atoms with Crippen LogP contribution in [0.4, 0.5) is 5.69 Å². The lowest BCUT2D eigenvalue weighted by atomic mass is 9.94. The van der Waals surface area contributed by atoms with Crippen molar-refractivity contribution in [1.82, 2.24) is 10.2 Å². The zero-order valence-corrected chi connectivity index (χ0v) is 14.0. The van der Waals surface area contributed by atoms with Gasteiger partial charge in [0.1, 0.15) is 6.42 Å². The minimum Gasteiger partial charge on any atom is -0.338 e. The fourth-order valence-electron chi connectivity index (χ4n) is 3.42. The lowest BCUT2D eigenvalue weighted by Crippen LogP contribution is -2.48. The minimum atomic E-state index is -0.284. The van der Waals surface area contributed by atoms with Gasteiger partial charge in [-0.1, -0.05) is 17.7 Å². The predicted molar refractivity (Wildman–Crippen MR) is 90.5 cm³/mol. The minimum absolute atomic E-state index is 0.0828. The van der Waals surface area contributed by atoms with Crippen LogP contribution in [0.3, 0.4) is 0 Å². The SMILES string of the molecule is Cc1c(Cl)cccc1NC(=O)CC(=O)N1C[C@@H]2CC[C@H]1CNC2. The van der Waals surface area contributed by atoms with E-state index in [0.29, 0.717) is 16.6 Å². The number of piperidine rings is 1. The van der Waals surface area contributed by atoms with Crippen LogP contribution in [0.1, 0.15) is 24.8 Å². The lowest BCUT2D eigenvalue weighted by molar-refractivity contribution is -0.138. The number of amides is 2. The molecule has 0 saturated carbocycles. The number of fused-ring (bicyclic) bond motifs is 4. The lowest BCUT2D eigenvalue weighted by Gasteiger charge is -2.36. The second-order valence-electron chi connectivity index (χ2n) is 6.44. The zero-order valence-electron chi connectivity index (χ0n) is 13.3. The van der Waals surface area contributed by atoms with Crippen LogP contribution in [0.2, 0.25) is 5.02 Å². The van der Waals surface area contributed by atoms with Crippen LogP contribution >= 0.6 is 11.6 Å². The van der Waals surface area contributed by atoms with Crippen LogP contribution in [-0.4, -0.2) is 42.4 Å². The molecule has 2 amide bonds. The third kappa shape index (κ3) is 3.67. The number of carbonyl (C=O) groups excluding carboxylic acids is 2. The standard InChI is InChI=1S/C17H22ClN3O2/c1-11-14(18)3-2-4-15(11)20-16(22)7-17(23)21-10-12-5-6-13(21)9-19-8-12/h2-4,12-13,19H,5-10H2,1H3,(H,20,22)/t12-,13+/m1/s1. The van der Waals surface area contributed by atoms with Gasteiger partial charge in [-0.25, -0.2) is 0 Å². The molecule has 23 heavy (non-hydrogen) atoms. The molecule has 5 nitrogen and oxygen atoms in total. The molecule has 2 atom stereocenters. The summed E-state index contributed by atoms with van der Waals surface area (Å²) in [5, 5.41) is 6.79. The first kappa shape index (κ1) is 16.3. The van der Waals surface area contributed by atoms with E-state index in [1.807, 2.05) is 11.8 Å². The third-order valence-corrected chi connectivity index (χ3v) is 5.20. The van der Waals surface area contributed by atoms with E-state index in [9.17, 15) is 9.59 Å². The van der Waals surface area contributed by atoms with E-state index in [2.05, 4.69) is 10.6 Å². The van der Waals surface area contributed by atoms with Gasteiger partial charge in [-0.05, 0) is 49.9 Å². The monoisotopic (exact) mass is 335 g/mol. The molecule has 1 aromatic rings. The number of anilines is 1. The van der Waals surface area contributed by atoms with Crippen LogP contribution in [0.15, 0.2) is 18.2 Å². The molecule has 0 aromatic heterocycles. The molecule has 2 N–H and O–H groups in total. The van der Waals surface area contributed by atoms with Crippen molar-refractivity contribution in [3.05, 3.63) is 28.8 Å². The summed E-state index contributed by atoms with van der Waals surface area (Å²) in [5.74, 6) is 0.143. The highest BCUT2D eigenvalue weighted by Crippen LogP contribution is 2.26. The predicted octanol–water partition coefficient (Wildman–Crippen LogP) is 2.19. The van der Waals surface area contributed by atoms with Gasteiger partial charge in [-0.2, -0.15) is 0 Å². The summed E-state index contributed by atoms with van der Waals surface area (Å²) in [6, 6.07) is 5.58. The van der Waals surface area contributed by atoms with Gasteiger partial charge in [0, 0.05) is 29.8 Å². The van der Waals surface area contributed by atoms with Gasteiger partial charge in [0.05, 0.1) is 0 Å². The highest BCUT2D eigenvalue weighted by Gasteiger charge is 2.34. The Hall–Kier alpha value is -1.59. The van der Waals surface area contributed by atoms with Gasteiger partial charge >= 0.3 is 0 Å². The molecule has 124 valence electrons. The van der Waals surface area contributed by atoms with Crippen LogP contribution < -0.4 is 10.6 Å². The van der Waals surface area contributed by atoms with Gasteiger partial charge in [-0.3, -0.25) is 9.59 Å². The summed E-state index contributed by atoms with van der Waals surface area (Å²) >= 11 is 6.05. The van der Waals surface area contributed by atoms with E-state index in [1.54, 1.807) is 18.2 Å². The first-order valence-corrected chi connectivity index (χ1v) is 8.47. The maximum atomic E-state index is 12.5. The molecule has 3 heterocycles. The largest absolute Gasteiger partial charge is 0.338 e. The summed E-state index contributed by atoms with van der Waals surface area (Å²) in [6.07, 6.45) is 2.07. The number of hydrogen-bond donors (Lipinski definition) is 2. The van der Waals surface area contributed by atoms with Crippen molar-refractivity contribution in [2.45, 2.75) is 32.2 Å². The highest BCUT2D eigenvalue weighted by molar-refractivity contribution is 6.31. The summed E-state index contributed by atoms with van der Waals surface area (Å²) < 4.78 is 0. The Morgan fingerprint density at radius 3 is 3.00 bits per heavy atom. The average molecular weight is 336 g/mol. The average Bonchev–Trinajstić information content (AvgIpc) is 2.87. The van der Waals surface area contributed by atoms with Gasteiger partial charge in [0.25, 0.3) is 0 Å². The number of carbonyl (C=O) groups is 2. The molecule has 3 aliphatic heterocycles. The van der Waals surface area contributed by atoms with E-state index in [4.69, 9.17) is 11.6 Å². The number of nitrogens with zero attached hydrogens (tertiary/aromatic N) is 1. The van der Waals surface area contributed by atoms with Crippen molar-refractivity contribution >= 4 is 29.1 Å². The maximum absolute atomic E-state index is 12.5. The van der Waals surface area contributed by atoms with E-state index >= 15 is 0 Å². The van der Waals surface area contributed by atoms with Gasteiger partial charge < -0.3 is 15.5 Å². The van der Waals surface area contributed by atoms with E-state index in [-0.39, 0.29) is 24.3 Å². The Bertz CT molecular complexity index is 616. The topological polar surface area (TPSA) is 61.4 Å². The number of benzene rings is 1. The van der Waals surface area contributed by atoms with Crippen molar-refractivity contribution in [2.75, 3.05) is 25.0 Å². The molecule has 3 saturated heterocycles. The van der Waals surface area contributed by atoms with E-state index < -0.39 is 0 Å². The number of rotatable bonds is 3. The molecule has 4 rings (SSSR count). The van der Waals surface area contributed by atoms with Crippen molar-refractivity contribution in [1.29, 1.82) is 0 Å². The van der Waals surface area contributed by atoms with Crippen LogP contribution in [0.25, 0.3) is 0 Å². The summed E-state index contributed by atoms with van der Waals surface area (Å²) in [5.41, 5.74) is 1.47. The molecular weight excluding hydrogens is 314 g/mol. The summed E-state index contributed by atoms with van der Waals surface area (Å²) in [4.78, 5) is 26.6. The van der Waals surface area contributed by atoms with Gasteiger partial charge in [0.15, 0.2) is 0 Å². The van der Waals surface area contributed by atoms with Gasteiger partial charge in [-0.15, -0.1) is 0 Å². The molecule has 0 spiro atoms. The number of hydrogen-bond acceptors (Lipinski definition) is 3. The van der Waals surface area contributed by atoms with Crippen LogP contribution in [0.5, 0.6) is 0 Å². The Morgan fingerprint density at radius 1 is 1.35 bits per heavy atom. The smallest absolute Gasteiger partial charge is 0.233 e. The van der Waals surface area contributed by atoms with Crippen molar-refractivity contribution < 1.29 is 9.59 Å². The molecule has 6 heteroatoms. The fraction of sp³-hybridized carbons (Fsp3) is 0.529. The zero-order chi connectivity index (χ0) is 16.4. The quantitative estimate of drug-likeness (QED) is 0.832. The normalized spacial score (nSPS) is 23.5. The highest BCUT2D eigenvalue weighted by atomic mass is 35.5. The molecule has 3 fully saturated rings. The summed E-state index contributed by atoms with van der Waals surface area (Å²) in [6.45, 7) is 4.41. The first-order valence-electron chi connectivity index (χ1n) is 8.09. The van der Waals surface area contributed by atoms with Crippen molar-refractivity contribution in [3.63, 3.8) is 0 Å². The second-order valence-corrected chi connectivity index (χ2v) is 6.85. The maximum Gasteiger partial charge on any atom is 0.233 e. The van der Waals surface area contributed by atoms with Gasteiger partial charge in [0.2, 0.25) is 11.8 Å². The Labute approximate surface area is 141 Å². The van der Waals surface area contributed by atoms with E-state index in [1.165, 1.54) is 0 Å². The number of halogens is 1.